The topological polar surface area (TPSA) is 41.6 Å². The number of esters is 1. The van der Waals surface area contributed by atoms with Gasteiger partial charge in [0, 0.05) is 12.6 Å². The van der Waals surface area contributed by atoms with Gasteiger partial charge in [-0.3, -0.25) is 4.79 Å². The molecule has 1 fully saturated rings. The van der Waals surface area contributed by atoms with Crippen molar-refractivity contribution in [1.82, 2.24) is 10.2 Å². The zero-order valence-corrected chi connectivity index (χ0v) is 13.5. The Balaban J connectivity index is 2.49. The van der Waals surface area contributed by atoms with Gasteiger partial charge < -0.3 is 15.0 Å². The number of unbranched alkanes of at least 4 members (excludes halogenated alkanes) is 2. The quantitative estimate of drug-likeness (QED) is 0.559. The van der Waals surface area contributed by atoms with Crippen LogP contribution in [0.4, 0.5) is 0 Å². The monoisotopic (exact) mass is 284 g/mol. The van der Waals surface area contributed by atoms with E-state index in [1.54, 1.807) is 0 Å². The SMILES string of the molecule is CCCCN(CCCC)CC(NC1CC1)C(=O)OCC. The second-order valence-electron chi connectivity index (χ2n) is 5.75. The smallest absolute Gasteiger partial charge is 0.324 e. The standard InChI is InChI=1S/C16H32N2O2/c1-4-7-11-18(12-8-5-2)13-15(16(19)20-6-3)17-14-9-10-14/h14-15,17H,4-13H2,1-3H3. The van der Waals surface area contributed by atoms with Crippen LogP contribution in [0.1, 0.15) is 59.3 Å². The first-order valence-corrected chi connectivity index (χ1v) is 8.36. The Labute approximate surface area is 124 Å². The molecule has 0 heterocycles. The lowest BCUT2D eigenvalue weighted by Crippen LogP contribution is -2.48. The molecule has 0 bridgehead atoms. The van der Waals surface area contributed by atoms with E-state index in [1.165, 1.54) is 38.5 Å². The van der Waals surface area contributed by atoms with Crippen LogP contribution in [0.5, 0.6) is 0 Å². The van der Waals surface area contributed by atoms with Crippen LogP contribution in [-0.4, -0.2) is 49.2 Å². The second-order valence-corrected chi connectivity index (χ2v) is 5.75. The average Bonchev–Trinajstić information content (AvgIpc) is 3.25. The third kappa shape index (κ3) is 7.25. The highest BCUT2D eigenvalue weighted by molar-refractivity contribution is 5.76. The van der Waals surface area contributed by atoms with Gasteiger partial charge in [-0.25, -0.2) is 0 Å². The Morgan fingerprint density at radius 3 is 2.25 bits per heavy atom. The normalized spacial score (nSPS) is 16.4. The Morgan fingerprint density at radius 2 is 1.80 bits per heavy atom. The van der Waals surface area contributed by atoms with Gasteiger partial charge in [-0.05, 0) is 45.7 Å². The van der Waals surface area contributed by atoms with Gasteiger partial charge in [0.2, 0.25) is 0 Å². The summed E-state index contributed by atoms with van der Waals surface area (Å²) in [6, 6.07) is 0.375. The molecule has 0 aliphatic heterocycles. The molecule has 1 saturated carbocycles. The average molecular weight is 284 g/mol. The van der Waals surface area contributed by atoms with E-state index >= 15 is 0 Å². The molecule has 1 rings (SSSR count). The Hall–Kier alpha value is -0.610. The minimum absolute atomic E-state index is 0.0857. The summed E-state index contributed by atoms with van der Waals surface area (Å²) in [7, 11) is 0. The first-order valence-electron chi connectivity index (χ1n) is 8.36. The van der Waals surface area contributed by atoms with E-state index in [0.717, 1.165) is 19.6 Å². The molecule has 118 valence electrons. The molecule has 0 spiro atoms. The van der Waals surface area contributed by atoms with Crippen molar-refractivity contribution < 1.29 is 9.53 Å². The third-order valence-corrected chi connectivity index (χ3v) is 3.68. The van der Waals surface area contributed by atoms with Crippen molar-refractivity contribution >= 4 is 5.97 Å². The summed E-state index contributed by atoms with van der Waals surface area (Å²) in [5.41, 5.74) is 0. The van der Waals surface area contributed by atoms with Crippen LogP contribution in [0.15, 0.2) is 0 Å². The second kappa shape index (κ2) is 10.2. The van der Waals surface area contributed by atoms with E-state index in [4.69, 9.17) is 4.74 Å². The summed E-state index contributed by atoms with van der Waals surface area (Å²) < 4.78 is 5.21. The molecule has 1 unspecified atom stereocenters. The van der Waals surface area contributed by atoms with Crippen molar-refractivity contribution in [2.75, 3.05) is 26.2 Å². The first kappa shape index (κ1) is 17.4. The van der Waals surface area contributed by atoms with Crippen LogP contribution >= 0.6 is 0 Å². The van der Waals surface area contributed by atoms with Crippen molar-refractivity contribution in [3.05, 3.63) is 0 Å². The molecule has 0 aromatic heterocycles. The molecule has 0 aromatic rings. The van der Waals surface area contributed by atoms with E-state index in [2.05, 4.69) is 24.1 Å². The molecule has 1 aliphatic rings. The fourth-order valence-corrected chi connectivity index (χ4v) is 2.29. The number of nitrogens with one attached hydrogen (secondary N) is 1. The summed E-state index contributed by atoms with van der Waals surface area (Å²) in [4.78, 5) is 14.5. The number of nitrogens with zero attached hydrogens (tertiary/aromatic N) is 1. The minimum Gasteiger partial charge on any atom is -0.465 e. The molecule has 1 aliphatic carbocycles. The molecule has 4 heteroatoms. The Bertz CT molecular complexity index is 259. The Kier molecular flexibility index (Phi) is 8.86. The molecule has 0 saturated heterocycles. The van der Waals surface area contributed by atoms with E-state index in [0.29, 0.717) is 12.6 Å². The highest BCUT2D eigenvalue weighted by Gasteiger charge is 2.30. The van der Waals surface area contributed by atoms with Gasteiger partial charge in [-0.15, -0.1) is 0 Å². The van der Waals surface area contributed by atoms with E-state index in [1.807, 2.05) is 6.92 Å². The number of hydrogen-bond donors (Lipinski definition) is 1. The summed E-state index contributed by atoms with van der Waals surface area (Å²) in [5, 5.41) is 3.44. The predicted octanol–water partition coefficient (Wildman–Crippen LogP) is 2.57. The van der Waals surface area contributed by atoms with Crippen LogP contribution < -0.4 is 5.32 Å². The molecular weight excluding hydrogens is 252 g/mol. The molecule has 0 aromatic carbocycles. The largest absolute Gasteiger partial charge is 0.465 e. The minimum atomic E-state index is -0.156. The third-order valence-electron chi connectivity index (χ3n) is 3.68. The van der Waals surface area contributed by atoms with Gasteiger partial charge in [-0.1, -0.05) is 26.7 Å². The summed E-state index contributed by atoms with van der Waals surface area (Å²) in [6.45, 7) is 9.71. The van der Waals surface area contributed by atoms with Crippen molar-refractivity contribution in [1.29, 1.82) is 0 Å². The van der Waals surface area contributed by atoms with Crippen LogP contribution in [0.3, 0.4) is 0 Å². The maximum atomic E-state index is 12.1. The molecule has 1 atom stereocenters. The number of ether oxygens (including phenoxy) is 1. The lowest BCUT2D eigenvalue weighted by molar-refractivity contribution is -0.146. The number of carbonyl (C=O) groups is 1. The van der Waals surface area contributed by atoms with Crippen molar-refractivity contribution in [3.63, 3.8) is 0 Å². The van der Waals surface area contributed by atoms with Gasteiger partial charge in [0.15, 0.2) is 0 Å². The first-order chi connectivity index (χ1) is 9.71. The lowest BCUT2D eigenvalue weighted by Gasteiger charge is -2.27. The highest BCUT2D eigenvalue weighted by atomic mass is 16.5. The number of hydrogen-bond acceptors (Lipinski definition) is 4. The van der Waals surface area contributed by atoms with Gasteiger partial charge >= 0.3 is 5.97 Å². The lowest BCUT2D eigenvalue weighted by atomic mass is 10.2. The molecule has 1 N–H and O–H groups in total. The van der Waals surface area contributed by atoms with Crippen molar-refractivity contribution in [3.8, 4) is 0 Å². The highest BCUT2D eigenvalue weighted by Crippen LogP contribution is 2.20. The maximum Gasteiger partial charge on any atom is 0.324 e. The van der Waals surface area contributed by atoms with Crippen LogP contribution in [0, 0.1) is 0 Å². The van der Waals surface area contributed by atoms with E-state index in [-0.39, 0.29) is 12.0 Å². The number of rotatable bonds is 12. The molecule has 4 nitrogen and oxygen atoms in total. The summed E-state index contributed by atoms with van der Waals surface area (Å²) >= 11 is 0. The molecule has 0 radical (unpaired) electrons. The fourth-order valence-electron chi connectivity index (χ4n) is 2.29. The van der Waals surface area contributed by atoms with Gasteiger partial charge in [0.25, 0.3) is 0 Å². The van der Waals surface area contributed by atoms with E-state index in [9.17, 15) is 4.79 Å². The molecular formula is C16H32N2O2. The van der Waals surface area contributed by atoms with Crippen LogP contribution in [-0.2, 0) is 9.53 Å². The van der Waals surface area contributed by atoms with Crippen LogP contribution in [0.2, 0.25) is 0 Å². The zero-order chi connectivity index (χ0) is 14.8. The zero-order valence-electron chi connectivity index (χ0n) is 13.5. The molecule has 20 heavy (non-hydrogen) atoms. The van der Waals surface area contributed by atoms with Crippen molar-refractivity contribution in [2.45, 2.75) is 71.4 Å². The summed E-state index contributed by atoms with van der Waals surface area (Å²) in [6.07, 6.45) is 7.18. The predicted molar refractivity (Wildman–Crippen MR) is 82.8 cm³/mol. The number of carbonyl (C=O) groups excluding carboxylic acids is 1. The van der Waals surface area contributed by atoms with Crippen LogP contribution in [0.25, 0.3) is 0 Å². The fraction of sp³-hybridized carbons (Fsp3) is 0.938. The molecule has 0 amide bonds. The van der Waals surface area contributed by atoms with Crippen molar-refractivity contribution in [2.24, 2.45) is 0 Å². The Morgan fingerprint density at radius 1 is 1.20 bits per heavy atom. The maximum absolute atomic E-state index is 12.1. The van der Waals surface area contributed by atoms with Gasteiger partial charge in [-0.2, -0.15) is 0 Å². The van der Waals surface area contributed by atoms with Gasteiger partial charge in [0.1, 0.15) is 6.04 Å². The summed E-state index contributed by atoms with van der Waals surface area (Å²) in [5.74, 6) is -0.0857. The van der Waals surface area contributed by atoms with Gasteiger partial charge in [0.05, 0.1) is 6.61 Å². The van der Waals surface area contributed by atoms with E-state index < -0.39 is 0 Å².